The summed E-state index contributed by atoms with van der Waals surface area (Å²) in [4.78, 5) is 0.0337. The highest BCUT2D eigenvalue weighted by molar-refractivity contribution is 7.90. The highest BCUT2D eigenvalue weighted by atomic mass is 35.5. The van der Waals surface area contributed by atoms with E-state index in [-0.39, 0.29) is 22.9 Å². The lowest BCUT2D eigenvalue weighted by molar-refractivity contribution is 0.107. The molecule has 7 heteroatoms. The largest absolute Gasteiger partial charge is 0.395 e. The third-order valence-electron chi connectivity index (χ3n) is 2.25. The molecule has 1 aromatic rings. The Bertz CT molecular complexity index is 463. The Kier molecular flexibility index (Phi) is 6.08. The second-order valence-electron chi connectivity index (χ2n) is 3.60. The van der Waals surface area contributed by atoms with Gasteiger partial charge >= 0.3 is 0 Å². The molecule has 1 aromatic carbocycles. The van der Waals surface area contributed by atoms with Gasteiger partial charge < -0.3 is 15.9 Å². The summed E-state index contributed by atoms with van der Waals surface area (Å²) in [6, 6.07) is 5.16. The third-order valence-corrected chi connectivity index (χ3v) is 3.42. The van der Waals surface area contributed by atoms with Crippen molar-refractivity contribution < 1.29 is 18.6 Å². The summed E-state index contributed by atoms with van der Waals surface area (Å²) in [5.74, 6) is 0. The molecule has 0 aliphatic carbocycles. The fraction of sp³-hybridized carbons (Fsp3) is 0.400. The van der Waals surface area contributed by atoms with Crippen LogP contribution in [0.4, 0.5) is 0 Å². The number of hydrogen-bond donors (Lipinski definition) is 3. The number of aliphatic hydroxyl groups is 2. The second-order valence-corrected chi connectivity index (χ2v) is 5.59. The van der Waals surface area contributed by atoms with Gasteiger partial charge in [0.2, 0.25) is 0 Å². The van der Waals surface area contributed by atoms with E-state index in [1.54, 1.807) is 12.1 Å². The van der Waals surface area contributed by atoms with Crippen molar-refractivity contribution in [1.29, 1.82) is 0 Å². The summed E-state index contributed by atoms with van der Waals surface area (Å²) >= 11 is 0. The molecule has 98 valence electrons. The molecule has 2 atom stereocenters. The maximum Gasteiger partial charge on any atom is 0.175 e. The fourth-order valence-electron chi connectivity index (χ4n) is 1.39. The molecule has 0 aliphatic heterocycles. The molecule has 0 amide bonds. The minimum Gasteiger partial charge on any atom is -0.395 e. The van der Waals surface area contributed by atoms with Crippen LogP contribution in [0.5, 0.6) is 0 Å². The molecule has 5 nitrogen and oxygen atoms in total. The molecule has 0 aliphatic rings. The summed E-state index contributed by atoms with van der Waals surface area (Å²) in [6.07, 6.45) is -0.140. The van der Waals surface area contributed by atoms with Crippen molar-refractivity contribution in [1.82, 2.24) is 0 Å². The zero-order valence-electron chi connectivity index (χ0n) is 9.28. The molecule has 0 saturated carbocycles. The van der Waals surface area contributed by atoms with E-state index in [1.165, 1.54) is 12.1 Å². The van der Waals surface area contributed by atoms with Gasteiger partial charge in [0.1, 0.15) is 0 Å². The van der Waals surface area contributed by atoms with Crippen molar-refractivity contribution in [3.63, 3.8) is 0 Å². The van der Waals surface area contributed by atoms with Crippen LogP contribution >= 0.6 is 12.4 Å². The van der Waals surface area contributed by atoms with Gasteiger partial charge in [-0.25, -0.2) is 8.42 Å². The molecule has 0 aromatic heterocycles. The van der Waals surface area contributed by atoms with E-state index in [2.05, 4.69) is 0 Å². The first-order valence-electron chi connectivity index (χ1n) is 4.71. The van der Waals surface area contributed by atoms with Gasteiger partial charge in [-0.15, -0.1) is 12.4 Å². The lowest BCUT2D eigenvalue weighted by atomic mass is 10.0. The first-order valence-corrected chi connectivity index (χ1v) is 6.60. The predicted molar refractivity (Wildman–Crippen MR) is 66.8 cm³/mol. The lowest BCUT2D eigenvalue weighted by Gasteiger charge is -2.19. The van der Waals surface area contributed by atoms with Gasteiger partial charge in [-0.05, 0) is 6.07 Å². The average molecular weight is 282 g/mol. The van der Waals surface area contributed by atoms with E-state index in [0.717, 1.165) is 6.26 Å². The highest BCUT2D eigenvalue weighted by Crippen LogP contribution is 2.23. The first-order chi connectivity index (χ1) is 7.38. The predicted octanol–water partition coefficient (Wildman–Crippen LogP) is -0.135. The molecular formula is C10H16ClNO4S. The summed E-state index contributed by atoms with van der Waals surface area (Å²) in [5.41, 5.74) is 5.68. The maximum absolute atomic E-state index is 11.5. The number of benzene rings is 1. The first kappa shape index (κ1) is 16.3. The summed E-state index contributed by atoms with van der Waals surface area (Å²) in [5, 5.41) is 18.6. The Morgan fingerprint density at radius 2 is 1.88 bits per heavy atom. The van der Waals surface area contributed by atoms with E-state index in [0.29, 0.717) is 0 Å². The smallest absolute Gasteiger partial charge is 0.175 e. The van der Waals surface area contributed by atoms with Crippen LogP contribution in [-0.4, -0.2) is 37.5 Å². The number of rotatable bonds is 4. The molecule has 17 heavy (non-hydrogen) atoms. The van der Waals surface area contributed by atoms with Crippen LogP contribution < -0.4 is 5.73 Å². The van der Waals surface area contributed by atoms with E-state index < -0.39 is 28.6 Å². The van der Waals surface area contributed by atoms with Crippen molar-refractivity contribution >= 4 is 22.2 Å². The van der Waals surface area contributed by atoms with Crippen LogP contribution in [-0.2, 0) is 9.84 Å². The van der Waals surface area contributed by atoms with E-state index in [1.807, 2.05) is 0 Å². The third kappa shape index (κ3) is 3.93. The molecule has 0 bridgehead atoms. The van der Waals surface area contributed by atoms with E-state index in [4.69, 9.17) is 10.8 Å². The van der Waals surface area contributed by atoms with Crippen LogP contribution in [0.1, 0.15) is 11.7 Å². The van der Waals surface area contributed by atoms with Crippen LogP contribution in [0.15, 0.2) is 29.2 Å². The minimum atomic E-state index is -3.42. The molecule has 0 radical (unpaired) electrons. The van der Waals surface area contributed by atoms with Gasteiger partial charge in [-0.2, -0.15) is 0 Å². The van der Waals surface area contributed by atoms with Gasteiger partial charge in [0.25, 0.3) is 0 Å². The lowest BCUT2D eigenvalue weighted by Crippen LogP contribution is -2.32. The summed E-state index contributed by atoms with van der Waals surface area (Å²) < 4.78 is 22.9. The van der Waals surface area contributed by atoms with Crippen molar-refractivity contribution in [2.24, 2.45) is 5.73 Å². The minimum absolute atomic E-state index is 0. The van der Waals surface area contributed by atoms with Crippen molar-refractivity contribution in [3.05, 3.63) is 29.8 Å². The Labute approximate surface area is 107 Å². The molecule has 4 N–H and O–H groups in total. The zero-order valence-corrected chi connectivity index (χ0v) is 10.9. The zero-order chi connectivity index (χ0) is 12.3. The normalized spacial score (nSPS) is 14.8. The van der Waals surface area contributed by atoms with Gasteiger partial charge in [-0.1, -0.05) is 18.2 Å². The number of nitrogens with two attached hydrogens (primary N) is 1. The molecule has 0 saturated heterocycles. The van der Waals surface area contributed by atoms with Crippen molar-refractivity contribution in [2.45, 2.75) is 17.0 Å². The van der Waals surface area contributed by atoms with Crippen LogP contribution in [0.2, 0.25) is 0 Å². The summed E-state index contributed by atoms with van der Waals surface area (Å²) in [7, 11) is -3.42. The quantitative estimate of drug-likeness (QED) is 0.713. The molecule has 2 unspecified atom stereocenters. The van der Waals surface area contributed by atoms with Gasteiger partial charge in [0.15, 0.2) is 9.84 Å². The Hall–Kier alpha value is -0.660. The number of sulfone groups is 1. The van der Waals surface area contributed by atoms with E-state index in [9.17, 15) is 13.5 Å². The Balaban J connectivity index is 0.00000256. The highest BCUT2D eigenvalue weighted by Gasteiger charge is 2.22. The SMILES string of the molecule is CS(=O)(=O)c1ccccc1C(O)C(N)CO.Cl. The van der Waals surface area contributed by atoms with Crippen LogP contribution in [0.25, 0.3) is 0 Å². The molecule has 0 spiro atoms. The second kappa shape index (κ2) is 6.32. The molecular weight excluding hydrogens is 266 g/mol. The topological polar surface area (TPSA) is 101 Å². The summed E-state index contributed by atoms with van der Waals surface area (Å²) in [6.45, 7) is -0.417. The molecule has 0 heterocycles. The van der Waals surface area contributed by atoms with Gasteiger partial charge in [0.05, 0.1) is 23.6 Å². The molecule has 1 rings (SSSR count). The number of hydrogen-bond acceptors (Lipinski definition) is 5. The van der Waals surface area contributed by atoms with Gasteiger partial charge in [0, 0.05) is 11.8 Å². The van der Waals surface area contributed by atoms with Gasteiger partial charge in [-0.3, -0.25) is 0 Å². The van der Waals surface area contributed by atoms with E-state index >= 15 is 0 Å². The Morgan fingerprint density at radius 3 is 2.35 bits per heavy atom. The average Bonchev–Trinajstić information content (AvgIpc) is 2.26. The standard InChI is InChI=1S/C10H15NO4S.ClH/c1-16(14,15)9-5-3-2-4-7(9)10(13)8(11)6-12;/h2-5,8,10,12-13H,6,11H2,1H3;1H. The van der Waals surface area contributed by atoms with Crippen LogP contribution in [0.3, 0.4) is 0 Å². The Morgan fingerprint density at radius 1 is 1.35 bits per heavy atom. The van der Waals surface area contributed by atoms with Crippen LogP contribution in [0, 0.1) is 0 Å². The monoisotopic (exact) mass is 281 g/mol. The molecule has 0 fully saturated rings. The number of halogens is 1. The maximum atomic E-state index is 11.5. The van der Waals surface area contributed by atoms with Crippen molar-refractivity contribution in [3.8, 4) is 0 Å². The fourth-order valence-corrected chi connectivity index (χ4v) is 2.34. The number of aliphatic hydroxyl groups excluding tert-OH is 2. The van der Waals surface area contributed by atoms with Crippen molar-refractivity contribution in [2.75, 3.05) is 12.9 Å².